The predicted molar refractivity (Wildman–Crippen MR) is 95.1 cm³/mol. The standard InChI is InChI=1S/C18H13Cl2N3O/c19-12-2-4-16(20)15(9-12)17-21-7-8-23(17)13-3-1-11-5-6-22-18(24)14(11)10-13/h1-4,7-10H,5-6H2,(H,22,24). The smallest absolute Gasteiger partial charge is 0.251 e. The number of amides is 1. The molecule has 0 saturated heterocycles. The van der Waals surface area contributed by atoms with Gasteiger partial charge in [0.1, 0.15) is 5.82 Å². The minimum Gasteiger partial charge on any atom is -0.352 e. The number of hydrogen-bond donors (Lipinski definition) is 1. The third-order valence-electron chi connectivity index (χ3n) is 4.11. The Balaban J connectivity index is 1.85. The molecule has 2 heterocycles. The van der Waals surface area contributed by atoms with Crippen LogP contribution in [0.15, 0.2) is 48.8 Å². The summed E-state index contributed by atoms with van der Waals surface area (Å²) in [5, 5.41) is 4.03. The molecule has 24 heavy (non-hydrogen) atoms. The number of imidazole rings is 1. The van der Waals surface area contributed by atoms with E-state index in [0.29, 0.717) is 28.0 Å². The average Bonchev–Trinajstić information content (AvgIpc) is 3.06. The first kappa shape index (κ1) is 15.2. The maximum atomic E-state index is 12.1. The maximum Gasteiger partial charge on any atom is 0.251 e. The quantitative estimate of drug-likeness (QED) is 0.749. The van der Waals surface area contributed by atoms with Crippen molar-refractivity contribution in [3.05, 3.63) is 70.0 Å². The number of nitrogens with one attached hydrogen (secondary N) is 1. The number of hydrogen-bond acceptors (Lipinski definition) is 2. The second kappa shape index (κ2) is 5.96. The van der Waals surface area contributed by atoms with Gasteiger partial charge in [0, 0.05) is 40.8 Å². The molecule has 1 aliphatic rings. The first-order chi connectivity index (χ1) is 11.6. The number of halogens is 2. The van der Waals surface area contributed by atoms with Crippen molar-refractivity contribution >= 4 is 29.1 Å². The number of nitrogens with zero attached hydrogens (tertiary/aromatic N) is 2. The van der Waals surface area contributed by atoms with E-state index in [0.717, 1.165) is 23.2 Å². The Morgan fingerprint density at radius 1 is 1.08 bits per heavy atom. The van der Waals surface area contributed by atoms with Crippen molar-refractivity contribution < 1.29 is 4.79 Å². The van der Waals surface area contributed by atoms with Crippen molar-refractivity contribution in [2.45, 2.75) is 6.42 Å². The highest BCUT2D eigenvalue weighted by molar-refractivity contribution is 6.35. The lowest BCUT2D eigenvalue weighted by Gasteiger charge is -2.18. The van der Waals surface area contributed by atoms with Crippen molar-refractivity contribution in [3.63, 3.8) is 0 Å². The van der Waals surface area contributed by atoms with Gasteiger partial charge in [-0.15, -0.1) is 0 Å². The molecule has 1 aromatic heterocycles. The van der Waals surface area contributed by atoms with Gasteiger partial charge in [0.2, 0.25) is 0 Å². The first-order valence-electron chi connectivity index (χ1n) is 7.54. The molecule has 3 aromatic rings. The predicted octanol–water partition coefficient (Wildman–Crippen LogP) is 4.13. The molecule has 120 valence electrons. The zero-order chi connectivity index (χ0) is 16.7. The Hall–Kier alpha value is -2.30. The fourth-order valence-electron chi connectivity index (χ4n) is 2.93. The van der Waals surface area contributed by atoms with Gasteiger partial charge >= 0.3 is 0 Å². The van der Waals surface area contributed by atoms with Gasteiger partial charge in [0.15, 0.2) is 0 Å². The van der Waals surface area contributed by atoms with Crippen molar-refractivity contribution in [2.24, 2.45) is 0 Å². The molecular weight excluding hydrogens is 345 g/mol. The number of rotatable bonds is 2. The first-order valence-corrected chi connectivity index (χ1v) is 8.29. The maximum absolute atomic E-state index is 12.1. The Bertz CT molecular complexity index is 949. The lowest BCUT2D eigenvalue weighted by atomic mass is 9.99. The molecule has 2 aromatic carbocycles. The number of carbonyl (C=O) groups is 1. The van der Waals surface area contributed by atoms with Crippen molar-refractivity contribution in [3.8, 4) is 17.1 Å². The molecule has 0 fully saturated rings. The fourth-order valence-corrected chi connectivity index (χ4v) is 3.30. The Morgan fingerprint density at radius 3 is 2.83 bits per heavy atom. The summed E-state index contributed by atoms with van der Waals surface area (Å²) in [5.41, 5.74) is 3.37. The zero-order valence-corrected chi connectivity index (χ0v) is 14.1. The zero-order valence-electron chi connectivity index (χ0n) is 12.6. The topological polar surface area (TPSA) is 46.9 Å². The summed E-state index contributed by atoms with van der Waals surface area (Å²) in [6.45, 7) is 0.680. The molecule has 0 atom stereocenters. The molecule has 0 unspecified atom stereocenters. The average molecular weight is 358 g/mol. The van der Waals surface area contributed by atoms with Crippen LogP contribution in [-0.2, 0) is 6.42 Å². The van der Waals surface area contributed by atoms with E-state index < -0.39 is 0 Å². The highest BCUT2D eigenvalue weighted by atomic mass is 35.5. The third-order valence-corrected chi connectivity index (χ3v) is 4.67. The molecule has 0 saturated carbocycles. The van der Waals surface area contributed by atoms with Crippen molar-refractivity contribution in [2.75, 3.05) is 6.54 Å². The van der Waals surface area contributed by atoms with Crippen LogP contribution >= 0.6 is 23.2 Å². The van der Waals surface area contributed by atoms with Crippen LogP contribution in [0.25, 0.3) is 17.1 Å². The molecule has 0 bridgehead atoms. The van der Waals surface area contributed by atoms with Gasteiger partial charge in [-0.3, -0.25) is 9.36 Å². The Kier molecular flexibility index (Phi) is 3.79. The normalized spacial score (nSPS) is 13.5. The van der Waals surface area contributed by atoms with Crippen molar-refractivity contribution in [1.82, 2.24) is 14.9 Å². The van der Waals surface area contributed by atoms with Crippen LogP contribution in [0.3, 0.4) is 0 Å². The van der Waals surface area contributed by atoms with Gasteiger partial charge in [0.05, 0.1) is 5.02 Å². The molecule has 1 aliphatic heterocycles. The summed E-state index contributed by atoms with van der Waals surface area (Å²) in [6.07, 6.45) is 4.39. The monoisotopic (exact) mass is 357 g/mol. The lowest BCUT2D eigenvalue weighted by Crippen LogP contribution is -2.31. The van der Waals surface area contributed by atoms with Gasteiger partial charge < -0.3 is 5.32 Å². The summed E-state index contributed by atoms with van der Waals surface area (Å²) in [7, 11) is 0. The second-order valence-electron chi connectivity index (χ2n) is 5.59. The molecule has 1 amide bonds. The fraction of sp³-hybridized carbons (Fsp3) is 0.111. The van der Waals surface area contributed by atoms with Crippen LogP contribution < -0.4 is 5.32 Å². The summed E-state index contributed by atoms with van der Waals surface area (Å²) in [4.78, 5) is 16.5. The number of fused-ring (bicyclic) bond motifs is 1. The van der Waals surface area contributed by atoms with Gasteiger partial charge in [-0.1, -0.05) is 29.3 Å². The highest BCUT2D eigenvalue weighted by Crippen LogP contribution is 2.31. The Morgan fingerprint density at radius 2 is 1.96 bits per heavy atom. The van der Waals surface area contributed by atoms with Crippen LogP contribution in [0, 0.1) is 0 Å². The number of aromatic nitrogens is 2. The van der Waals surface area contributed by atoms with Crippen LogP contribution in [0.1, 0.15) is 15.9 Å². The van der Waals surface area contributed by atoms with E-state index >= 15 is 0 Å². The van der Waals surface area contributed by atoms with Gasteiger partial charge in [0.25, 0.3) is 5.91 Å². The van der Waals surface area contributed by atoms with E-state index in [1.165, 1.54) is 0 Å². The van der Waals surface area contributed by atoms with E-state index in [1.807, 2.05) is 29.0 Å². The SMILES string of the molecule is O=C1NCCc2ccc(-n3ccnc3-c3cc(Cl)ccc3Cl)cc21. The molecule has 0 spiro atoms. The van der Waals surface area contributed by atoms with Crippen LogP contribution in [0.2, 0.25) is 10.0 Å². The van der Waals surface area contributed by atoms with E-state index in [9.17, 15) is 4.79 Å². The third kappa shape index (κ3) is 2.58. The summed E-state index contributed by atoms with van der Waals surface area (Å²) >= 11 is 12.4. The van der Waals surface area contributed by atoms with E-state index in [-0.39, 0.29) is 5.91 Å². The van der Waals surface area contributed by atoms with Crippen LogP contribution in [0.4, 0.5) is 0 Å². The molecule has 4 nitrogen and oxygen atoms in total. The van der Waals surface area contributed by atoms with Gasteiger partial charge in [-0.2, -0.15) is 0 Å². The summed E-state index contributed by atoms with van der Waals surface area (Å²) in [6, 6.07) is 11.1. The molecular formula is C18H13Cl2N3O. The lowest BCUT2D eigenvalue weighted by molar-refractivity contribution is 0.0946. The second-order valence-corrected chi connectivity index (χ2v) is 6.44. The van der Waals surface area contributed by atoms with Crippen molar-refractivity contribution in [1.29, 1.82) is 0 Å². The van der Waals surface area contributed by atoms with Gasteiger partial charge in [-0.05, 0) is 42.3 Å². The van der Waals surface area contributed by atoms with Crippen LogP contribution in [0.5, 0.6) is 0 Å². The minimum absolute atomic E-state index is 0.0412. The Labute approximate surface area is 149 Å². The van der Waals surface area contributed by atoms with E-state index in [1.54, 1.807) is 24.4 Å². The molecule has 0 aliphatic carbocycles. The molecule has 0 radical (unpaired) electrons. The van der Waals surface area contributed by atoms with Gasteiger partial charge in [-0.25, -0.2) is 4.98 Å². The molecule has 1 N–H and O–H groups in total. The van der Waals surface area contributed by atoms with Crippen LogP contribution in [-0.4, -0.2) is 22.0 Å². The largest absolute Gasteiger partial charge is 0.352 e. The van der Waals surface area contributed by atoms with E-state index in [2.05, 4.69) is 10.3 Å². The highest BCUT2D eigenvalue weighted by Gasteiger charge is 2.18. The van der Waals surface area contributed by atoms with E-state index in [4.69, 9.17) is 23.2 Å². The summed E-state index contributed by atoms with van der Waals surface area (Å²) < 4.78 is 1.90. The molecule has 4 rings (SSSR count). The number of benzene rings is 2. The minimum atomic E-state index is -0.0412. The summed E-state index contributed by atoms with van der Waals surface area (Å²) in [5.74, 6) is 0.638. The number of carbonyl (C=O) groups excluding carboxylic acids is 1. The molecule has 6 heteroatoms.